The van der Waals surface area contributed by atoms with E-state index < -0.39 is 11.7 Å². The molecule has 1 amide bonds. The molecule has 0 bridgehead atoms. The van der Waals surface area contributed by atoms with Crippen molar-refractivity contribution < 1.29 is 23.4 Å². The number of rotatable bonds is 5. The van der Waals surface area contributed by atoms with E-state index in [2.05, 4.69) is 5.32 Å². The zero-order chi connectivity index (χ0) is 17.0. The first-order valence-electron chi connectivity index (χ1n) is 6.87. The minimum Gasteiger partial charge on any atom is -0.496 e. The molecule has 0 aliphatic carbocycles. The molecule has 2 aromatic rings. The second-order valence-corrected chi connectivity index (χ2v) is 4.84. The summed E-state index contributed by atoms with van der Waals surface area (Å²) in [7, 11) is 4.39. The summed E-state index contributed by atoms with van der Waals surface area (Å²) in [4.78, 5) is 12.5. The first-order chi connectivity index (χ1) is 11.0. The maximum Gasteiger partial charge on any atom is 0.259 e. The molecule has 0 aliphatic heterocycles. The third kappa shape index (κ3) is 3.53. The lowest BCUT2D eigenvalue weighted by molar-refractivity contribution is 0.102. The number of hydrogen-bond donors (Lipinski definition) is 1. The molecule has 122 valence electrons. The standard InChI is InChI=1S/C17H18FNO4/c1-10-5-6-12(18)13(7-10)19-17(20)11-8-15(22-3)16(23-4)9-14(11)21-2/h5-9H,1-4H3,(H,19,20). The van der Waals surface area contributed by atoms with Crippen molar-refractivity contribution in [2.75, 3.05) is 26.6 Å². The van der Waals surface area contributed by atoms with E-state index in [4.69, 9.17) is 14.2 Å². The molecule has 2 aromatic carbocycles. The average Bonchev–Trinajstić information content (AvgIpc) is 2.56. The zero-order valence-corrected chi connectivity index (χ0v) is 13.4. The van der Waals surface area contributed by atoms with E-state index in [1.165, 1.54) is 33.5 Å². The number of nitrogens with one attached hydrogen (secondary N) is 1. The van der Waals surface area contributed by atoms with Crippen molar-refractivity contribution >= 4 is 11.6 Å². The molecule has 0 spiro atoms. The van der Waals surface area contributed by atoms with Gasteiger partial charge in [0.05, 0.1) is 32.6 Å². The summed E-state index contributed by atoms with van der Waals surface area (Å²) in [6, 6.07) is 7.51. The van der Waals surface area contributed by atoms with Gasteiger partial charge in [-0.15, -0.1) is 0 Å². The second kappa shape index (κ2) is 7.00. The van der Waals surface area contributed by atoms with Crippen molar-refractivity contribution in [1.82, 2.24) is 0 Å². The van der Waals surface area contributed by atoms with Crippen LogP contribution in [0.4, 0.5) is 10.1 Å². The molecule has 5 nitrogen and oxygen atoms in total. The van der Waals surface area contributed by atoms with Gasteiger partial charge in [0.2, 0.25) is 0 Å². The van der Waals surface area contributed by atoms with Gasteiger partial charge in [0.25, 0.3) is 5.91 Å². The van der Waals surface area contributed by atoms with Crippen molar-refractivity contribution in [1.29, 1.82) is 0 Å². The Balaban J connectivity index is 2.40. The van der Waals surface area contributed by atoms with Gasteiger partial charge >= 0.3 is 0 Å². The molecular formula is C17H18FNO4. The normalized spacial score (nSPS) is 10.1. The molecule has 0 heterocycles. The number of benzene rings is 2. The summed E-state index contributed by atoms with van der Waals surface area (Å²) in [5, 5.41) is 2.54. The molecule has 6 heteroatoms. The van der Waals surface area contributed by atoms with Gasteiger partial charge in [-0.2, -0.15) is 0 Å². The van der Waals surface area contributed by atoms with Gasteiger partial charge in [-0.3, -0.25) is 4.79 Å². The first-order valence-corrected chi connectivity index (χ1v) is 6.87. The Labute approximate surface area is 134 Å². The summed E-state index contributed by atoms with van der Waals surface area (Å²) in [5.74, 6) is 0.0923. The highest BCUT2D eigenvalue weighted by Crippen LogP contribution is 2.35. The molecule has 0 aliphatic rings. The number of methoxy groups -OCH3 is 3. The lowest BCUT2D eigenvalue weighted by Crippen LogP contribution is -2.14. The molecule has 2 rings (SSSR count). The summed E-state index contributed by atoms with van der Waals surface area (Å²) in [6.07, 6.45) is 0. The molecule has 0 saturated heterocycles. The average molecular weight is 319 g/mol. The summed E-state index contributed by atoms with van der Waals surface area (Å²) in [6.45, 7) is 1.81. The van der Waals surface area contributed by atoms with E-state index in [0.29, 0.717) is 17.2 Å². The van der Waals surface area contributed by atoms with Crippen LogP contribution in [0.5, 0.6) is 17.2 Å². The Morgan fingerprint density at radius 2 is 1.57 bits per heavy atom. The monoisotopic (exact) mass is 319 g/mol. The molecule has 0 unspecified atom stereocenters. The third-order valence-corrected chi connectivity index (χ3v) is 3.32. The van der Waals surface area contributed by atoms with Gasteiger partial charge < -0.3 is 19.5 Å². The Hall–Kier alpha value is -2.76. The van der Waals surface area contributed by atoms with Crippen LogP contribution < -0.4 is 19.5 Å². The number of carbonyl (C=O) groups is 1. The molecule has 0 atom stereocenters. The van der Waals surface area contributed by atoms with Crippen LogP contribution in [-0.2, 0) is 0 Å². The Morgan fingerprint density at radius 1 is 0.957 bits per heavy atom. The molecule has 23 heavy (non-hydrogen) atoms. The van der Waals surface area contributed by atoms with Crippen LogP contribution in [0.15, 0.2) is 30.3 Å². The number of ether oxygens (including phenoxy) is 3. The van der Waals surface area contributed by atoms with Crippen LogP contribution in [-0.4, -0.2) is 27.2 Å². The smallest absolute Gasteiger partial charge is 0.259 e. The fourth-order valence-electron chi connectivity index (χ4n) is 2.13. The predicted octanol–water partition coefficient (Wildman–Crippen LogP) is 3.41. The zero-order valence-electron chi connectivity index (χ0n) is 13.4. The van der Waals surface area contributed by atoms with Gasteiger partial charge in [-0.1, -0.05) is 6.07 Å². The maximum atomic E-state index is 13.8. The Bertz CT molecular complexity index is 731. The maximum absolute atomic E-state index is 13.8. The number of hydrogen-bond acceptors (Lipinski definition) is 4. The highest BCUT2D eigenvalue weighted by molar-refractivity contribution is 6.06. The molecule has 1 N–H and O–H groups in total. The minimum absolute atomic E-state index is 0.104. The van der Waals surface area contributed by atoms with Crippen LogP contribution in [0.3, 0.4) is 0 Å². The van der Waals surface area contributed by atoms with Crippen molar-refractivity contribution in [3.63, 3.8) is 0 Å². The van der Waals surface area contributed by atoms with Crippen LogP contribution in [0.2, 0.25) is 0 Å². The van der Waals surface area contributed by atoms with Gasteiger partial charge in [0, 0.05) is 12.1 Å². The van der Waals surface area contributed by atoms with Crippen molar-refractivity contribution in [2.24, 2.45) is 0 Å². The number of halogens is 1. The van der Waals surface area contributed by atoms with Gasteiger partial charge in [-0.05, 0) is 24.6 Å². The number of anilines is 1. The summed E-state index contributed by atoms with van der Waals surface area (Å²) < 4.78 is 29.4. The minimum atomic E-state index is -0.511. The number of aryl methyl sites for hydroxylation is 1. The van der Waals surface area contributed by atoms with Gasteiger partial charge in [0.15, 0.2) is 11.5 Å². The van der Waals surface area contributed by atoms with E-state index in [0.717, 1.165) is 5.56 Å². The largest absolute Gasteiger partial charge is 0.496 e. The highest BCUT2D eigenvalue weighted by atomic mass is 19.1. The van der Waals surface area contributed by atoms with E-state index in [1.54, 1.807) is 18.2 Å². The summed E-state index contributed by atoms with van der Waals surface area (Å²) in [5.41, 5.74) is 1.15. The molecule has 0 saturated carbocycles. The van der Waals surface area contributed by atoms with Crippen LogP contribution in [0.25, 0.3) is 0 Å². The Morgan fingerprint density at radius 3 is 2.17 bits per heavy atom. The van der Waals surface area contributed by atoms with Crippen molar-refractivity contribution in [3.05, 3.63) is 47.3 Å². The third-order valence-electron chi connectivity index (χ3n) is 3.32. The fraction of sp³-hybridized carbons (Fsp3) is 0.235. The molecular weight excluding hydrogens is 301 g/mol. The fourth-order valence-corrected chi connectivity index (χ4v) is 2.13. The quantitative estimate of drug-likeness (QED) is 0.917. The van der Waals surface area contributed by atoms with Gasteiger partial charge in [0.1, 0.15) is 11.6 Å². The van der Waals surface area contributed by atoms with E-state index in [-0.39, 0.29) is 11.3 Å². The number of carbonyl (C=O) groups excluding carboxylic acids is 1. The van der Waals surface area contributed by atoms with E-state index in [9.17, 15) is 9.18 Å². The molecule has 0 radical (unpaired) electrons. The van der Waals surface area contributed by atoms with E-state index in [1.807, 2.05) is 6.92 Å². The topological polar surface area (TPSA) is 56.8 Å². The SMILES string of the molecule is COc1cc(OC)c(C(=O)Nc2cc(C)ccc2F)cc1OC. The Kier molecular flexibility index (Phi) is 5.05. The molecule has 0 aromatic heterocycles. The molecule has 0 fully saturated rings. The predicted molar refractivity (Wildman–Crippen MR) is 85.2 cm³/mol. The first kappa shape index (κ1) is 16.6. The lowest BCUT2D eigenvalue weighted by atomic mass is 10.1. The van der Waals surface area contributed by atoms with Gasteiger partial charge in [-0.25, -0.2) is 4.39 Å². The second-order valence-electron chi connectivity index (χ2n) is 4.84. The highest BCUT2D eigenvalue weighted by Gasteiger charge is 2.18. The lowest BCUT2D eigenvalue weighted by Gasteiger charge is -2.14. The van der Waals surface area contributed by atoms with Crippen LogP contribution in [0, 0.1) is 12.7 Å². The summed E-state index contributed by atoms with van der Waals surface area (Å²) >= 11 is 0. The van der Waals surface area contributed by atoms with Crippen LogP contribution >= 0.6 is 0 Å². The number of amides is 1. The van der Waals surface area contributed by atoms with E-state index >= 15 is 0 Å². The van der Waals surface area contributed by atoms with Crippen LogP contribution in [0.1, 0.15) is 15.9 Å². The van der Waals surface area contributed by atoms with Crippen molar-refractivity contribution in [3.8, 4) is 17.2 Å². The van der Waals surface area contributed by atoms with Crippen molar-refractivity contribution in [2.45, 2.75) is 6.92 Å².